The number of carbonyl (C=O) groups is 1. The van der Waals surface area contributed by atoms with E-state index in [2.05, 4.69) is 24.1 Å². The van der Waals surface area contributed by atoms with Gasteiger partial charge in [0.15, 0.2) is 11.5 Å². The summed E-state index contributed by atoms with van der Waals surface area (Å²) in [4.78, 5) is 12.2. The van der Waals surface area contributed by atoms with Crippen LogP contribution in [0.1, 0.15) is 31.4 Å². The number of ether oxygens (including phenoxy) is 2. The van der Waals surface area contributed by atoms with Gasteiger partial charge in [-0.1, -0.05) is 32.1 Å². The van der Waals surface area contributed by atoms with E-state index in [4.69, 9.17) is 14.6 Å². The number of aliphatic hydroxyl groups excluding tert-OH is 1. The minimum atomic E-state index is -0.741. The van der Waals surface area contributed by atoms with Crippen LogP contribution in [0.15, 0.2) is 24.3 Å². The van der Waals surface area contributed by atoms with Crippen LogP contribution in [0.4, 0.5) is 0 Å². The fraction of sp³-hybridized carbons (Fsp3) is 0.591. The Labute approximate surface area is 165 Å². The van der Waals surface area contributed by atoms with Crippen LogP contribution in [0.25, 0.3) is 0 Å². The Kier molecular flexibility index (Phi) is 4.67. The zero-order valence-corrected chi connectivity index (χ0v) is 16.9. The molecule has 2 aliphatic heterocycles. The molecule has 4 aliphatic rings. The molecule has 6 nitrogen and oxygen atoms in total. The van der Waals surface area contributed by atoms with Crippen molar-refractivity contribution in [2.75, 3.05) is 20.7 Å². The molecule has 1 aromatic rings. The summed E-state index contributed by atoms with van der Waals surface area (Å²) in [6.07, 6.45) is 5.54. The van der Waals surface area contributed by atoms with Gasteiger partial charge in [-0.05, 0) is 38.1 Å². The van der Waals surface area contributed by atoms with Gasteiger partial charge in [0.2, 0.25) is 0 Å². The topological polar surface area (TPSA) is 79.2 Å². The van der Waals surface area contributed by atoms with E-state index < -0.39 is 12.1 Å². The highest BCUT2D eigenvalue weighted by Crippen LogP contribution is 2.62. The number of benzene rings is 1. The fourth-order valence-electron chi connectivity index (χ4n) is 5.39. The van der Waals surface area contributed by atoms with Crippen LogP contribution in [-0.2, 0) is 16.6 Å². The number of carboxylic acids is 1. The molecule has 0 unspecified atom stereocenters. The number of aliphatic carboxylic acids is 1. The molecule has 1 aromatic carbocycles. The summed E-state index contributed by atoms with van der Waals surface area (Å²) in [6.45, 7) is 4.34. The van der Waals surface area contributed by atoms with Gasteiger partial charge in [0.05, 0.1) is 13.0 Å². The maximum atomic E-state index is 10.6. The minimum Gasteiger partial charge on any atom is -0.493 e. The van der Waals surface area contributed by atoms with Crippen molar-refractivity contribution in [2.24, 2.45) is 11.8 Å². The van der Waals surface area contributed by atoms with E-state index in [1.54, 1.807) is 21.0 Å². The number of hydrogen-bond donors (Lipinski definition) is 2. The molecule has 5 rings (SSSR count). The molecule has 6 heteroatoms. The lowest BCUT2D eigenvalue weighted by Gasteiger charge is -2.56. The van der Waals surface area contributed by atoms with Crippen LogP contribution >= 0.6 is 0 Å². The van der Waals surface area contributed by atoms with Gasteiger partial charge in [-0.3, -0.25) is 4.79 Å². The lowest BCUT2D eigenvalue weighted by atomic mass is 9.53. The summed E-state index contributed by atoms with van der Waals surface area (Å²) in [6, 6.07) is 4.70. The lowest BCUT2D eigenvalue weighted by Crippen LogP contribution is -2.64. The van der Waals surface area contributed by atoms with Crippen molar-refractivity contribution in [3.8, 4) is 11.5 Å². The number of carboxylic acid groups (broad SMARTS) is 1. The Bertz CT molecular complexity index is 819. The highest BCUT2D eigenvalue weighted by Gasteiger charge is 2.64. The summed E-state index contributed by atoms with van der Waals surface area (Å²) in [5.41, 5.74) is 2.60. The standard InChI is InChI=1S/C18H21NO3.C4H8O2/c1-19-8-7-18-11-4-5-13(20)17(18)22-16-14(21-2)6-3-10(15(16)18)9-12(11)19;1-3(2)4(5)6/h3-6,11-13,17,20H,7-9H2,1-2H3;3H,1-2H3,(H,5,6)/t11-,12+,13-,17-,18-;/m0./s1. The highest BCUT2D eigenvalue weighted by molar-refractivity contribution is 5.68. The van der Waals surface area contributed by atoms with Crippen LogP contribution in [0.3, 0.4) is 0 Å². The number of nitrogens with zero attached hydrogens (tertiary/aromatic N) is 1. The van der Waals surface area contributed by atoms with Crippen molar-refractivity contribution in [3.63, 3.8) is 0 Å². The quantitative estimate of drug-likeness (QED) is 0.758. The molecule has 2 heterocycles. The third-order valence-corrected chi connectivity index (χ3v) is 6.85. The largest absolute Gasteiger partial charge is 0.493 e. The Morgan fingerprint density at radius 1 is 1.36 bits per heavy atom. The summed E-state index contributed by atoms with van der Waals surface area (Å²) < 4.78 is 11.8. The monoisotopic (exact) mass is 387 g/mol. The molecule has 0 aromatic heterocycles. The van der Waals surface area contributed by atoms with Crippen molar-refractivity contribution in [2.45, 2.75) is 50.4 Å². The maximum Gasteiger partial charge on any atom is 0.305 e. The van der Waals surface area contributed by atoms with Crippen molar-refractivity contribution >= 4 is 5.97 Å². The third kappa shape index (κ3) is 2.58. The first-order valence-electron chi connectivity index (χ1n) is 9.97. The molecule has 5 atom stereocenters. The maximum absolute atomic E-state index is 10.6. The summed E-state index contributed by atoms with van der Waals surface area (Å²) in [5, 5.41) is 18.5. The molecule has 2 aliphatic carbocycles. The van der Waals surface area contributed by atoms with Crippen molar-refractivity contribution in [3.05, 3.63) is 35.4 Å². The molecule has 1 spiro atoms. The Morgan fingerprint density at radius 2 is 2.07 bits per heavy atom. The van der Waals surface area contributed by atoms with Gasteiger partial charge in [-0.15, -0.1) is 0 Å². The molecule has 152 valence electrons. The minimum absolute atomic E-state index is 0.0806. The Balaban J connectivity index is 0.000000283. The molecule has 2 N–H and O–H groups in total. The first-order chi connectivity index (χ1) is 13.3. The van der Waals surface area contributed by atoms with E-state index in [9.17, 15) is 9.90 Å². The SMILES string of the molecule is CC(C)C(=O)O.COc1ccc2c3c1O[C@H]1[C@@H](O)C=C[C@H]4[C@@H](C2)N(C)CC[C@@]341. The molecular weight excluding hydrogens is 358 g/mol. The smallest absolute Gasteiger partial charge is 0.305 e. The summed E-state index contributed by atoms with van der Waals surface area (Å²) in [5.74, 6) is 1.12. The second kappa shape index (κ2) is 6.78. The van der Waals surface area contributed by atoms with E-state index in [0.29, 0.717) is 12.0 Å². The second-order valence-electron chi connectivity index (χ2n) is 8.61. The van der Waals surface area contributed by atoms with Crippen LogP contribution in [-0.4, -0.2) is 60.0 Å². The number of piperidine rings is 1. The molecule has 0 radical (unpaired) electrons. The van der Waals surface area contributed by atoms with Crippen molar-refractivity contribution < 1.29 is 24.5 Å². The molecule has 1 saturated heterocycles. The molecular formula is C22H29NO5. The van der Waals surface area contributed by atoms with Crippen LogP contribution in [0.5, 0.6) is 11.5 Å². The summed E-state index contributed by atoms with van der Waals surface area (Å²) in [7, 11) is 3.91. The third-order valence-electron chi connectivity index (χ3n) is 6.85. The normalized spacial score (nSPS) is 34.2. The zero-order chi connectivity index (χ0) is 20.2. The number of aliphatic hydroxyl groups is 1. The highest BCUT2D eigenvalue weighted by atomic mass is 16.5. The average Bonchev–Trinajstić information content (AvgIpc) is 3.02. The molecule has 0 saturated carbocycles. The Morgan fingerprint density at radius 3 is 2.71 bits per heavy atom. The van der Waals surface area contributed by atoms with Gasteiger partial charge in [0.25, 0.3) is 0 Å². The lowest BCUT2D eigenvalue weighted by molar-refractivity contribution is -0.140. The number of likely N-dealkylation sites (N-methyl/N-ethyl adjacent to an activating group) is 1. The van der Waals surface area contributed by atoms with Crippen molar-refractivity contribution in [1.82, 2.24) is 4.90 Å². The van der Waals surface area contributed by atoms with E-state index >= 15 is 0 Å². The molecule has 1 fully saturated rings. The van der Waals surface area contributed by atoms with Crippen LogP contribution in [0, 0.1) is 11.8 Å². The number of hydrogen-bond acceptors (Lipinski definition) is 5. The first kappa shape index (κ1) is 19.3. The second-order valence-corrected chi connectivity index (χ2v) is 8.61. The van der Waals surface area contributed by atoms with E-state index in [1.807, 2.05) is 12.1 Å². The Hall–Kier alpha value is -2.05. The van der Waals surface area contributed by atoms with Gasteiger partial charge < -0.3 is 24.6 Å². The predicted octanol–water partition coefficient (Wildman–Crippen LogP) is 2.23. The fourth-order valence-corrected chi connectivity index (χ4v) is 5.39. The number of likely N-dealkylation sites (tertiary alicyclic amines) is 1. The van der Waals surface area contributed by atoms with Crippen LogP contribution < -0.4 is 9.47 Å². The van der Waals surface area contributed by atoms with Gasteiger partial charge in [-0.25, -0.2) is 0 Å². The first-order valence-corrected chi connectivity index (χ1v) is 9.97. The van der Waals surface area contributed by atoms with E-state index in [-0.39, 0.29) is 17.4 Å². The van der Waals surface area contributed by atoms with Crippen molar-refractivity contribution in [1.29, 1.82) is 0 Å². The molecule has 2 bridgehead atoms. The van der Waals surface area contributed by atoms with Gasteiger partial charge in [0.1, 0.15) is 12.2 Å². The summed E-state index contributed by atoms with van der Waals surface area (Å²) >= 11 is 0. The van der Waals surface area contributed by atoms with Gasteiger partial charge >= 0.3 is 5.97 Å². The van der Waals surface area contributed by atoms with Gasteiger partial charge in [-0.2, -0.15) is 0 Å². The zero-order valence-electron chi connectivity index (χ0n) is 16.9. The average molecular weight is 387 g/mol. The van der Waals surface area contributed by atoms with Crippen LogP contribution in [0.2, 0.25) is 0 Å². The molecule has 28 heavy (non-hydrogen) atoms. The van der Waals surface area contributed by atoms with E-state index in [1.165, 1.54) is 11.1 Å². The number of rotatable bonds is 2. The predicted molar refractivity (Wildman–Crippen MR) is 105 cm³/mol. The van der Waals surface area contributed by atoms with Gasteiger partial charge in [0, 0.05) is 22.9 Å². The molecule has 0 amide bonds. The number of methoxy groups -OCH3 is 1. The van der Waals surface area contributed by atoms with E-state index in [0.717, 1.165) is 30.9 Å².